The first-order valence-electron chi connectivity index (χ1n) is 8.37. The van der Waals surface area contributed by atoms with Crippen LogP contribution in [-0.4, -0.2) is 16.7 Å². The topological polar surface area (TPSA) is 52.2 Å². The fourth-order valence-corrected chi connectivity index (χ4v) is 3.13. The highest BCUT2D eigenvalue weighted by Crippen LogP contribution is 2.31. The van der Waals surface area contributed by atoms with Crippen LogP contribution in [0.25, 0.3) is 22.0 Å². The fourth-order valence-electron chi connectivity index (χ4n) is 3.13. The van der Waals surface area contributed by atoms with Crippen molar-refractivity contribution in [2.75, 3.05) is 7.11 Å². The molecule has 0 saturated carbocycles. The van der Waals surface area contributed by atoms with Gasteiger partial charge in [-0.05, 0) is 31.2 Å². The zero-order valence-corrected chi connectivity index (χ0v) is 14.6. The number of para-hydroxylation sites is 3. The molecule has 5 nitrogen and oxygen atoms in total. The van der Waals surface area contributed by atoms with Crippen LogP contribution in [-0.2, 0) is 13.6 Å². The average molecular weight is 335 g/mol. The minimum atomic E-state index is 0.0666. The Labute approximate surface area is 146 Å². The number of aromatic nitrogens is 2. The minimum absolute atomic E-state index is 0.0666. The predicted molar refractivity (Wildman–Crippen MR) is 98.7 cm³/mol. The molecule has 5 heteroatoms. The van der Waals surface area contributed by atoms with Gasteiger partial charge >= 0.3 is 0 Å². The van der Waals surface area contributed by atoms with Crippen LogP contribution in [0.15, 0.2) is 52.9 Å². The number of benzene rings is 2. The highest BCUT2D eigenvalue weighted by molar-refractivity contribution is 5.83. The number of rotatable bonds is 5. The van der Waals surface area contributed by atoms with Crippen LogP contribution >= 0.6 is 0 Å². The third kappa shape index (κ3) is 2.76. The molecule has 0 radical (unpaired) electrons. The molecule has 0 spiro atoms. The molecule has 2 heterocycles. The predicted octanol–water partition coefficient (Wildman–Crippen LogP) is 4.18. The highest BCUT2D eigenvalue weighted by atomic mass is 16.5. The Hall–Kier alpha value is -2.79. The molecule has 0 aliphatic heterocycles. The minimum Gasteiger partial charge on any atom is -0.493 e. The number of imidazole rings is 1. The van der Waals surface area contributed by atoms with Gasteiger partial charge in [-0.25, -0.2) is 4.98 Å². The van der Waals surface area contributed by atoms with Crippen molar-refractivity contribution in [1.29, 1.82) is 0 Å². The average Bonchev–Trinajstić information content (AvgIpc) is 3.21. The lowest BCUT2D eigenvalue weighted by Gasteiger charge is -2.11. The maximum Gasteiger partial charge on any atom is 0.176 e. The quantitative estimate of drug-likeness (QED) is 0.594. The molecule has 128 valence electrons. The lowest BCUT2D eigenvalue weighted by Crippen LogP contribution is -2.19. The molecule has 1 N–H and O–H groups in total. The highest BCUT2D eigenvalue weighted by Gasteiger charge is 2.15. The summed E-state index contributed by atoms with van der Waals surface area (Å²) in [6, 6.07) is 16.2. The van der Waals surface area contributed by atoms with Crippen LogP contribution < -0.4 is 10.1 Å². The van der Waals surface area contributed by atoms with Gasteiger partial charge in [0.05, 0.1) is 30.7 Å². The maximum atomic E-state index is 6.01. The normalized spacial score (nSPS) is 12.8. The second kappa shape index (κ2) is 6.26. The Morgan fingerprint density at radius 1 is 1.20 bits per heavy atom. The van der Waals surface area contributed by atoms with Crippen LogP contribution in [0.2, 0.25) is 0 Å². The van der Waals surface area contributed by atoms with E-state index >= 15 is 0 Å². The molecule has 2 aromatic heterocycles. The summed E-state index contributed by atoms with van der Waals surface area (Å²) in [6.45, 7) is 2.76. The summed E-state index contributed by atoms with van der Waals surface area (Å²) >= 11 is 0. The molecule has 0 aliphatic rings. The van der Waals surface area contributed by atoms with Crippen molar-refractivity contribution in [2.45, 2.75) is 19.5 Å². The second-order valence-electron chi connectivity index (χ2n) is 6.21. The number of hydrogen-bond acceptors (Lipinski definition) is 4. The number of aryl methyl sites for hydroxylation is 1. The molecule has 4 aromatic rings. The van der Waals surface area contributed by atoms with E-state index in [1.54, 1.807) is 7.11 Å². The van der Waals surface area contributed by atoms with E-state index in [0.717, 1.165) is 39.3 Å². The van der Waals surface area contributed by atoms with Crippen molar-refractivity contribution in [2.24, 2.45) is 7.05 Å². The van der Waals surface area contributed by atoms with Gasteiger partial charge in [-0.15, -0.1) is 0 Å². The van der Waals surface area contributed by atoms with E-state index in [2.05, 4.69) is 28.9 Å². The number of nitrogens with one attached hydrogen (secondary N) is 1. The largest absolute Gasteiger partial charge is 0.493 e. The zero-order valence-electron chi connectivity index (χ0n) is 14.6. The molecule has 4 rings (SSSR count). The van der Waals surface area contributed by atoms with Gasteiger partial charge in [0.1, 0.15) is 11.6 Å². The van der Waals surface area contributed by atoms with Crippen molar-refractivity contribution in [3.8, 4) is 5.75 Å². The summed E-state index contributed by atoms with van der Waals surface area (Å²) < 4.78 is 13.5. The van der Waals surface area contributed by atoms with Crippen LogP contribution in [0.5, 0.6) is 5.75 Å². The molecular weight excluding hydrogens is 314 g/mol. The van der Waals surface area contributed by atoms with E-state index < -0.39 is 0 Å². The summed E-state index contributed by atoms with van der Waals surface area (Å²) in [5.41, 5.74) is 2.94. The van der Waals surface area contributed by atoms with E-state index in [1.165, 1.54) is 0 Å². The summed E-state index contributed by atoms with van der Waals surface area (Å²) in [4.78, 5) is 4.70. The number of ether oxygens (including phenoxy) is 1. The number of hydrogen-bond donors (Lipinski definition) is 1. The molecule has 0 saturated heterocycles. The van der Waals surface area contributed by atoms with Crippen molar-refractivity contribution in [1.82, 2.24) is 14.9 Å². The molecule has 0 amide bonds. The Morgan fingerprint density at radius 2 is 2.04 bits per heavy atom. The number of methoxy groups -OCH3 is 1. The second-order valence-corrected chi connectivity index (χ2v) is 6.21. The van der Waals surface area contributed by atoms with Gasteiger partial charge in [-0.1, -0.05) is 24.3 Å². The molecule has 1 unspecified atom stereocenters. The smallest absolute Gasteiger partial charge is 0.176 e. The third-order valence-electron chi connectivity index (χ3n) is 4.62. The van der Waals surface area contributed by atoms with E-state index in [9.17, 15) is 0 Å². The number of fused-ring (bicyclic) bond motifs is 2. The first-order chi connectivity index (χ1) is 12.2. The summed E-state index contributed by atoms with van der Waals surface area (Å²) in [5, 5.41) is 4.54. The Kier molecular flexibility index (Phi) is 3.93. The van der Waals surface area contributed by atoms with Gasteiger partial charge in [0, 0.05) is 12.4 Å². The van der Waals surface area contributed by atoms with Crippen molar-refractivity contribution in [3.05, 3.63) is 60.1 Å². The lowest BCUT2D eigenvalue weighted by molar-refractivity contribution is 0.398. The molecular formula is C20H21N3O2. The Morgan fingerprint density at radius 3 is 2.84 bits per heavy atom. The Bertz CT molecular complexity index is 1030. The monoisotopic (exact) mass is 335 g/mol. The first kappa shape index (κ1) is 15.7. The lowest BCUT2D eigenvalue weighted by atomic mass is 10.2. The zero-order chi connectivity index (χ0) is 17.4. The molecule has 0 fully saturated rings. The van der Waals surface area contributed by atoms with E-state index in [-0.39, 0.29) is 6.04 Å². The molecule has 0 aliphatic carbocycles. The molecule has 2 aromatic carbocycles. The first-order valence-corrected chi connectivity index (χ1v) is 8.37. The van der Waals surface area contributed by atoms with E-state index in [0.29, 0.717) is 6.54 Å². The molecule has 25 heavy (non-hydrogen) atoms. The maximum absolute atomic E-state index is 6.01. The number of nitrogens with zero attached hydrogens (tertiary/aromatic N) is 2. The molecule has 0 bridgehead atoms. The van der Waals surface area contributed by atoms with E-state index in [1.807, 2.05) is 43.4 Å². The van der Waals surface area contributed by atoms with Gasteiger partial charge in [0.2, 0.25) is 0 Å². The van der Waals surface area contributed by atoms with Crippen molar-refractivity contribution >= 4 is 22.0 Å². The summed E-state index contributed by atoms with van der Waals surface area (Å²) in [5.74, 6) is 2.64. The van der Waals surface area contributed by atoms with Crippen LogP contribution in [0.4, 0.5) is 0 Å². The summed E-state index contributed by atoms with van der Waals surface area (Å²) in [7, 11) is 3.70. The van der Waals surface area contributed by atoms with E-state index in [4.69, 9.17) is 14.1 Å². The van der Waals surface area contributed by atoms with Gasteiger partial charge in [-0.2, -0.15) is 0 Å². The SMILES string of the molecule is COc1cccc2cc(C(C)NCc3nc4ccccc4n3C)oc12. The standard InChI is InChI=1S/C20H21N3O2/c1-13(18-11-14-7-6-10-17(24-3)20(14)25-18)21-12-19-22-15-8-4-5-9-16(15)23(19)2/h4-11,13,21H,12H2,1-3H3. The third-order valence-corrected chi connectivity index (χ3v) is 4.62. The molecule has 1 atom stereocenters. The van der Waals surface area contributed by atoms with Crippen molar-refractivity contribution < 1.29 is 9.15 Å². The van der Waals surface area contributed by atoms with Crippen LogP contribution in [0, 0.1) is 0 Å². The van der Waals surface area contributed by atoms with Crippen molar-refractivity contribution in [3.63, 3.8) is 0 Å². The van der Waals surface area contributed by atoms with Crippen LogP contribution in [0.1, 0.15) is 24.6 Å². The van der Waals surface area contributed by atoms with Gasteiger partial charge in [0.25, 0.3) is 0 Å². The van der Waals surface area contributed by atoms with Crippen LogP contribution in [0.3, 0.4) is 0 Å². The van der Waals surface area contributed by atoms with Gasteiger partial charge < -0.3 is 19.0 Å². The fraction of sp³-hybridized carbons (Fsp3) is 0.250. The summed E-state index contributed by atoms with van der Waals surface area (Å²) in [6.07, 6.45) is 0. The number of furan rings is 1. The van der Waals surface area contributed by atoms with Gasteiger partial charge in [0.15, 0.2) is 11.3 Å². The Balaban J connectivity index is 1.55. The van der Waals surface area contributed by atoms with Gasteiger partial charge in [-0.3, -0.25) is 0 Å².